The Kier molecular flexibility index (Phi) is 5.70. The van der Waals surface area contributed by atoms with Crippen molar-refractivity contribution < 1.29 is 9.90 Å². The summed E-state index contributed by atoms with van der Waals surface area (Å²) in [7, 11) is 0. The maximum atomic E-state index is 11.5. The molecule has 1 saturated carbocycles. The fourth-order valence-corrected chi connectivity index (χ4v) is 4.51. The van der Waals surface area contributed by atoms with E-state index in [2.05, 4.69) is 18.7 Å². The molecule has 2 rings (SSSR count). The van der Waals surface area contributed by atoms with Crippen LogP contribution in [0.25, 0.3) is 0 Å². The minimum absolute atomic E-state index is 0.442. The summed E-state index contributed by atoms with van der Waals surface area (Å²) in [5.74, 6) is 1.11. The van der Waals surface area contributed by atoms with Crippen LogP contribution in [0.2, 0.25) is 0 Å². The molecule has 0 spiro atoms. The van der Waals surface area contributed by atoms with Crippen LogP contribution in [0.1, 0.15) is 72.1 Å². The van der Waals surface area contributed by atoms with Gasteiger partial charge in [-0.2, -0.15) is 0 Å². The Morgan fingerprint density at radius 1 is 1.29 bits per heavy atom. The first kappa shape index (κ1) is 16.8. The van der Waals surface area contributed by atoms with Gasteiger partial charge in [-0.25, -0.2) is 0 Å². The second-order valence-electron chi connectivity index (χ2n) is 7.79. The summed E-state index contributed by atoms with van der Waals surface area (Å²) in [6.07, 6.45) is 9.22. The lowest BCUT2D eigenvalue weighted by molar-refractivity contribution is -0.153. The summed E-state index contributed by atoms with van der Waals surface area (Å²) in [6.45, 7) is 8.65. The lowest BCUT2D eigenvalue weighted by Crippen LogP contribution is -2.49. The molecule has 0 bridgehead atoms. The van der Waals surface area contributed by atoms with E-state index >= 15 is 0 Å². The van der Waals surface area contributed by atoms with Gasteiger partial charge in [-0.3, -0.25) is 4.79 Å². The van der Waals surface area contributed by atoms with Crippen molar-refractivity contribution in [3.05, 3.63) is 0 Å². The summed E-state index contributed by atoms with van der Waals surface area (Å²) in [5, 5.41) is 9.51. The Balaban J connectivity index is 1.88. The van der Waals surface area contributed by atoms with E-state index in [0.29, 0.717) is 6.04 Å². The molecule has 1 heterocycles. The van der Waals surface area contributed by atoms with Crippen LogP contribution in [0.15, 0.2) is 0 Å². The van der Waals surface area contributed by atoms with Crippen molar-refractivity contribution in [3.63, 3.8) is 0 Å². The third-order valence-electron chi connectivity index (χ3n) is 5.96. The molecule has 2 aliphatic rings. The fraction of sp³-hybridized carbons (Fsp3) is 0.944. The second kappa shape index (κ2) is 7.13. The Bertz CT molecular complexity index is 345. The summed E-state index contributed by atoms with van der Waals surface area (Å²) in [5.41, 5.74) is -0.442. The number of hydrogen-bond acceptors (Lipinski definition) is 2. The topological polar surface area (TPSA) is 40.5 Å². The van der Waals surface area contributed by atoms with Gasteiger partial charge in [-0.05, 0) is 63.5 Å². The zero-order chi connectivity index (χ0) is 15.5. The van der Waals surface area contributed by atoms with Crippen LogP contribution in [0.4, 0.5) is 0 Å². The highest BCUT2D eigenvalue weighted by atomic mass is 16.4. The van der Waals surface area contributed by atoms with Gasteiger partial charge in [0.25, 0.3) is 0 Å². The van der Waals surface area contributed by atoms with Gasteiger partial charge in [0, 0.05) is 6.04 Å². The maximum absolute atomic E-state index is 11.5. The Morgan fingerprint density at radius 2 is 1.95 bits per heavy atom. The quantitative estimate of drug-likeness (QED) is 0.827. The molecule has 2 atom stereocenters. The van der Waals surface area contributed by atoms with E-state index in [1.807, 2.05) is 6.92 Å². The van der Waals surface area contributed by atoms with E-state index in [1.165, 1.54) is 32.1 Å². The van der Waals surface area contributed by atoms with Gasteiger partial charge in [0.2, 0.25) is 0 Å². The van der Waals surface area contributed by atoms with E-state index < -0.39 is 11.4 Å². The van der Waals surface area contributed by atoms with Gasteiger partial charge in [0.15, 0.2) is 0 Å². The molecular weight excluding hydrogens is 262 g/mol. The standard InChI is InChI=1S/C18H33NO2/c1-4-18(17(20)21)8-10-19(11-9-18)16-7-5-6-15(13-16)12-14(2)3/h14-16H,4-13H2,1-3H3,(H,20,21). The summed E-state index contributed by atoms with van der Waals surface area (Å²) >= 11 is 0. The SMILES string of the molecule is CCC1(C(=O)O)CCN(C2CCCC(CC(C)C)C2)CC1. The third-order valence-corrected chi connectivity index (χ3v) is 5.96. The van der Waals surface area contributed by atoms with E-state index in [9.17, 15) is 9.90 Å². The number of nitrogens with zero attached hydrogens (tertiary/aromatic N) is 1. The predicted molar refractivity (Wildman–Crippen MR) is 86.4 cm³/mol. The Hall–Kier alpha value is -0.570. The van der Waals surface area contributed by atoms with Crippen LogP contribution >= 0.6 is 0 Å². The van der Waals surface area contributed by atoms with E-state index in [4.69, 9.17) is 0 Å². The highest BCUT2D eigenvalue weighted by Crippen LogP contribution is 2.39. The normalized spacial score (nSPS) is 30.5. The van der Waals surface area contributed by atoms with E-state index in [-0.39, 0.29) is 0 Å². The molecule has 0 aromatic carbocycles. The molecule has 0 aromatic heterocycles. The van der Waals surface area contributed by atoms with Crippen molar-refractivity contribution in [2.45, 2.75) is 78.2 Å². The van der Waals surface area contributed by atoms with Crippen LogP contribution in [0, 0.1) is 17.3 Å². The number of carboxylic acids is 1. The molecule has 3 nitrogen and oxygen atoms in total. The van der Waals surface area contributed by atoms with Crippen molar-refractivity contribution in [3.8, 4) is 0 Å². The molecule has 21 heavy (non-hydrogen) atoms. The fourth-order valence-electron chi connectivity index (χ4n) is 4.51. The number of piperidine rings is 1. The average molecular weight is 295 g/mol. The molecular formula is C18H33NO2. The van der Waals surface area contributed by atoms with Gasteiger partial charge >= 0.3 is 5.97 Å². The molecule has 2 unspecified atom stereocenters. The van der Waals surface area contributed by atoms with E-state index in [1.54, 1.807) is 0 Å². The van der Waals surface area contributed by atoms with Gasteiger partial charge in [-0.1, -0.05) is 33.6 Å². The summed E-state index contributed by atoms with van der Waals surface area (Å²) < 4.78 is 0. The van der Waals surface area contributed by atoms with Crippen LogP contribution in [0.3, 0.4) is 0 Å². The van der Waals surface area contributed by atoms with Gasteiger partial charge in [-0.15, -0.1) is 0 Å². The van der Waals surface area contributed by atoms with Crippen molar-refractivity contribution >= 4 is 5.97 Å². The maximum Gasteiger partial charge on any atom is 0.309 e. The minimum Gasteiger partial charge on any atom is -0.481 e. The molecule has 1 aliphatic carbocycles. The molecule has 1 aliphatic heterocycles. The molecule has 1 N–H and O–H groups in total. The molecule has 0 radical (unpaired) electrons. The Labute approximate surface area is 130 Å². The minimum atomic E-state index is -0.578. The van der Waals surface area contributed by atoms with Crippen LogP contribution in [-0.2, 0) is 4.79 Å². The smallest absolute Gasteiger partial charge is 0.309 e. The van der Waals surface area contributed by atoms with E-state index in [0.717, 1.165) is 44.2 Å². The molecule has 0 aromatic rings. The molecule has 1 saturated heterocycles. The number of aliphatic carboxylic acids is 1. The first-order chi connectivity index (χ1) is 9.97. The lowest BCUT2D eigenvalue weighted by atomic mass is 9.74. The molecule has 122 valence electrons. The first-order valence-corrected chi connectivity index (χ1v) is 8.94. The number of carboxylic acid groups (broad SMARTS) is 1. The number of likely N-dealkylation sites (tertiary alicyclic amines) is 1. The highest BCUT2D eigenvalue weighted by molar-refractivity contribution is 5.74. The highest BCUT2D eigenvalue weighted by Gasteiger charge is 2.41. The first-order valence-electron chi connectivity index (χ1n) is 8.94. The largest absolute Gasteiger partial charge is 0.481 e. The molecule has 3 heteroatoms. The van der Waals surface area contributed by atoms with Gasteiger partial charge in [0.05, 0.1) is 5.41 Å². The predicted octanol–water partition coefficient (Wildman–Crippen LogP) is 4.17. The molecule has 2 fully saturated rings. The number of carbonyl (C=O) groups is 1. The average Bonchev–Trinajstić information content (AvgIpc) is 2.46. The number of hydrogen-bond donors (Lipinski definition) is 1. The third kappa shape index (κ3) is 4.00. The van der Waals surface area contributed by atoms with Crippen LogP contribution < -0.4 is 0 Å². The van der Waals surface area contributed by atoms with Crippen LogP contribution in [0.5, 0.6) is 0 Å². The van der Waals surface area contributed by atoms with Gasteiger partial charge < -0.3 is 10.0 Å². The van der Waals surface area contributed by atoms with Crippen molar-refractivity contribution in [2.24, 2.45) is 17.3 Å². The molecule has 0 amide bonds. The second-order valence-corrected chi connectivity index (χ2v) is 7.79. The van der Waals surface area contributed by atoms with Crippen molar-refractivity contribution in [1.29, 1.82) is 0 Å². The van der Waals surface area contributed by atoms with Gasteiger partial charge in [0.1, 0.15) is 0 Å². The Morgan fingerprint density at radius 3 is 2.48 bits per heavy atom. The lowest BCUT2D eigenvalue weighted by Gasteiger charge is -2.44. The van der Waals surface area contributed by atoms with Crippen LogP contribution in [-0.4, -0.2) is 35.1 Å². The summed E-state index contributed by atoms with van der Waals surface area (Å²) in [6, 6.07) is 0.714. The zero-order valence-electron chi connectivity index (χ0n) is 14.1. The number of rotatable bonds is 5. The summed E-state index contributed by atoms with van der Waals surface area (Å²) in [4.78, 5) is 14.1. The zero-order valence-corrected chi connectivity index (χ0v) is 14.1. The van der Waals surface area contributed by atoms with Crippen molar-refractivity contribution in [2.75, 3.05) is 13.1 Å². The van der Waals surface area contributed by atoms with Crippen molar-refractivity contribution in [1.82, 2.24) is 4.90 Å². The monoisotopic (exact) mass is 295 g/mol.